The van der Waals surface area contributed by atoms with E-state index in [1.807, 2.05) is 0 Å². The van der Waals surface area contributed by atoms with Gasteiger partial charge in [0.1, 0.15) is 11.4 Å². The van der Waals surface area contributed by atoms with Crippen molar-refractivity contribution in [3.05, 3.63) is 41.7 Å². The van der Waals surface area contributed by atoms with Crippen LogP contribution in [-0.2, 0) is 9.59 Å². The van der Waals surface area contributed by atoms with E-state index in [0.717, 1.165) is 4.90 Å². The average molecular weight is 265 g/mol. The van der Waals surface area contributed by atoms with Crippen LogP contribution in [0.2, 0.25) is 0 Å². The third-order valence-electron chi connectivity index (χ3n) is 2.98. The fourth-order valence-corrected chi connectivity index (χ4v) is 1.27. The molecule has 0 unspecified atom stereocenters. The third kappa shape index (κ3) is 3.64. The van der Waals surface area contributed by atoms with E-state index in [1.54, 1.807) is 0 Å². The second kappa shape index (κ2) is 5.65. The van der Waals surface area contributed by atoms with Crippen LogP contribution >= 0.6 is 0 Å². The molecule has 0 heterocycles. The largest absolute Gasteiger partial charge is 0.480 e. The second-order valence-corrected chi connectivity index (χ2v) is 4.65. The molecule has 1 rings (SSSR count). The normalized spacial score (nSPS) is 11.6. The first-order chi connectivity index (χ1) is 8.75. The first-order valence-electron chi connectivity index (χ1n) is 5.70. The maximum Gasteiger partial charge on any atom is 0.329 e. The summed E-state index contributed by atoms with van der Waals surface area (Å²) < 4.78 is 12.7. The summed E-state index contributed by atoms with van der Waals surface area (Å²) in [6.45, 7) is 2.89. The summed E-state index contributed by atoms with van der Waals surface area (Å²) in [4.78, 5) is 24.0. The molecule has 0 aliphatic heterocycles. The molecular formula is C14H16FNO3. The van der Waals surface area contributed by atoms with Gasteiger partial charge in [-0.25, -0.2) is 9.18 Å². The van der Waals surface area contributed by atoms with Crippen molar-refractivity contribution in [1.29, 1.82) is 0 Å². The number of aliphatic carboxylic acids is 1. The zero-order valence-electron chi connectivity index (χ0n) is 11.1. The van der Waals surface area contributed by atoms with Crippen molar-refractivity contribution in [2.24, 2.45) is 0 Å². The summed E-state index contributed by atoms with van der Waals surface area (Å²) in [6.07, 6.45) is 2.77. The van der Waals surface area contributed by atoms with Gasteiger partial charge in [-0.15, -0.1) is 0 Å². The van der Waals surface area contributed by atoms with E-state index >= 15 is 0 Å². The average Bonchev–Trinajstić information content (AvgIpc) is 2.36. The van der Waals surface area contributed by atoms with Crippen molar-refractivity contribution in [3.8, 4) is 0 Å². The highest BCUT2D eigenvalue weighted by Gasteiger charge is 2.34. The van der Waals surface area contributed by atoms with E-state index in [4.69, 9.17) is 5.11 Å². The highest BCUT2D eigenvalue weighted by molar-refractivity contribution is 5.95. The Balaban J connectivity index is 2.80. The molecule has 4 nitrogen and oxygen atoms in total. The molecule has 1 aromatic carbocycles. The zero-order chi connectivity index (χ0) is 14.6. The van der Waals surface area contributed by atoms with Crippen molar-refractivity contribution >= 4 is 18.0 Å². The second-order valence-electron chi connectivity index (χ2n) is 4.65. The van der Waals surface area contributed by atoms with E-state index in [-0.39, 0.29) is 5.82 Å². The fraction of sp³-hybridized carbons (Fsp3) is 0.286. The molecule has 0 saturated heterocycles. The zero-order valence-corrected chi connectivity index (χ0v) is 11.1. The Hall–Kier alpha value is -2.17. The molecule has 0 atom stereocenters. The van der Waals surface area contributed by atoms with Crippen LogP contribution in [-0.4, -0.2) is 34.5 Å². The number of amides is 1. The van der Waals surface area contributed by atoms with Crippen LogP contribution < -0.4 is 0 Å². The number of rotatable bonds is 4. The van der Waals surface area contributed by atoms with Crippen LogP contribution in [0.4, 0.5) is 4.39 Å². The first kappa shape index (κ1) is 14.9. The summed E-state index contributed by atoms with van der Waals surface area (Å²) in [5, 5.41) is 9.02. The minimum Gasteiger partial charge on any atom is -0.480 e. The number of hydrogen-bond acceptors (Lipinski definition) is 2. The lowest BCUT2D eigenvalue weighted by molar-refractivity contribution is -0.153. The summed E-state index contributed by atoms with van der Waals surface area (Å²) in [7, 11) is 1.42. The monoisotopic (exact) mass is 265 g/mol. The Kier molecular flexibility index (Phi) is 4.43. The molecule has 0 bridgehead atoms. The molecule has 1 aromatic rings. The van der Waals surface area contributed by atoms with Crippen molar-refractivity contribution in [2.75, 3.05) is 7.05 Å². The predicted octanol–water partition coefficient (Wildman–Crippen LogP) is 2.16. The van der Waals surface area contributed by atoms with Crippen molar-refractivity contribution in [3.63, 3.8) is 0 Å². The lowest BCUT2D eigenvalue weighted by Crippen LogP contribution is -2.50. The lowest BCUT2D eigenvalue weighted by atomic mass is 10.0. The number of nitrogens with zero attached hydrogens (tertiary/aromatic N) is 1. The third-order valence-corrected chi connectivity index (χ3v) is 2.98. The van der Waals surface area contributed by atoms with Gasteiger partial charge in [-0.1, -0.05) is 12.1 Å². The molecule has 1 N–H and O–H groups in total. The quantitative estimate of drug-likeness (QED) is 0.849. The maximum atomic E-state index is 12.7. The van der Waals surface area contributed by atoms with E-state index in [0.29, 0.717) is 5.56 Å². The molecule has 0 radical (unpaired) electrons. The Morgan fingerprint density at radius 2 is 1.79 bits per heavy atom. The topological polar surface area (TPSA) is 57.6 Å². The SMILES string of the molecule is CN(C(=O)C=Cc1ccc(F)cc1)C(C)(C)C(=O)O. The minimum absolute atomic E-state index is 0.354. The first-order valence-corrected chi connectivity index (χ1v) is 5.70. The van der Waals surface area contributed by atoms with Gasteiger partial charge in [0, 0.05) is 13.1 Å². The number of carboxylic acid groups (broad SMARTS) is 1. The van der Waals surface area contributed by atoms with Gasteiger partial charge in [-0.05, 0) is 37.6 Å². The van der Waals surface area contributed by atoms with Gasteiger partial charge in [0.05, 0.1) is 0 Å². The number of carbonyl (C=O) groups is 2. The number of benzene rings is 1. The maximum absolute atomic E-state index is 12.7. The van der Waals surface area contributed by atoms with Crippen LogP contribution in [0.15, 0.2) is 30.3 Å². The predicted molar refractivity (Wildman–Crippen MR) is 69.9 cm³/mol. The molecule has 0 aromatic heterocycles. The standard InChI is InChI=1S/C14H16FNO3/c1-14(2,13(18)19)16(3)12(17)9-6-10-4-7-11(15)8-5-10/h4-9H,1-3H3,(H,18,19). The summed E-state index contributed by atoms with van der Waals surface area (Å²) >= 11 is 0. The Morgan fingerprint density at radius 1 is 1.26 bits per heavy atom. The molecule has 1 amide bonds. The summed E-state index contributed by atoms with van der Waals surface area (Å²) in [6, 6.07) is 5.63. The van der Waals surface area contributed by atoms with Gasteiger partial charge >= 0.3 is 5.97 Å². The van der Waals surface area contributed by atoms with Crippen LogP contribution in [0, 0.1) is 5.82 Å². The molecule has 0 aliphatic carbocycles. The molecule has 5 heteroatoms. The lowest BCUT2D eigenvalue weighted by Gasteiger charge is -2.30. The number of halogens is 1. The van der Waals surface area contributed by atoms with Crippen LogP contribution in [0.1, 0.15) is 19.4 Å². The molecule has 102 valence electrons. The Morgan fingerprint density at radius 3 is 2.26 bits per heavy atom. The Bertz CT molecular complexity index is 506. The van der Waals surface area contributed by atoms with E-state index in [1.165, 1.54) is 57.3 Å². The van der Waals surface area contributed by atoms with Crippen molar-refractivity contribution < 1.29 is 19.1 Å². The van der Waals surface area contributed by atoms with Crippen molar-refractivity contribution in [2.45, 2.75) is 19.4 Å². The highest BCUT2D eigenvalue weighted by atomic mass is 19.1. The van der Waals surface area contributed by atoms with Gasteiger partial charge in [0.25, 0.3) is 0 Å². The summed E-state index contributed by atoms with van der Waals surface area (Å²) in [5.41, 5.74) is -0.624. The number of hydrogen-bond donors (Lipinski definition) is 1. The molecule has 19 heavy (non-hydrogen) atoms. The van der Waals surface area contributed by atoms with Gasteiger partial charge in [-0.2, -0.15) is 0 Å². The fourth-order valence-electron chi connectivity index (χ4n) is 1.27. The highest BCUT2D eigenvalue weighted by Crippen LogP contribution is 2.13. The van der Waals surface area contributed by atoms with E-state index in [9.17, 15) is 14.0 Å². The van der Waals surface area contributed by atoms with Crippen LogP contribution in [0.3, 0.4) is 0 Å². The number of carboxylic acids is 1. The van der Waals surface area contributed by atoms with Crippen LogP contribution in [0.25, 0.3) is 6.08 Å². The van der Waals surface area contributed by atoms with E-state index < -0.39 is 17.4 Å². The van der Waals surface area contributed by atoms with Gasteiger partial charge in [0.15, 0.2) is 0 Å². The number of carbonyl (C=O) groups excluding carboxylic acids is 1. The van der Waals surface area contributed by atoms with Gasteiger partial charge in [0.2, 0.25) is 5.91 Å². The van der Waals surface area contributed by atoms with Crippen LogP contribution in [0.5, 0.6) is 0 Å². The molecule has 0 fully saturated rings. The summed E-state index contributed by atoms with van der Waals surface area (Å²) in [5.74, 6) is -1.87. The van der Waals surface area contributed by atoms with Gasteiger partial charge in [-0.3, -0.25) is 4.79 Å². The smallest absolute Gasteiger partial charge is 0.329 e. The minimum atomic E-state index is -1.29. The molecule has 0 aliphatic rings. The van der Waals surface area contributed by atoms with Gasteiger partial charge < -0.3 is 10.0 Å². The number of likely N-dealkylation sites (N-methyl/N-ethyl adjacent to an activating group) is 1. The molecule has 0 spiro atoms. The molecule has 0 saturated carbocycles. The Labute approximate surface area is 111 Å². The van der Waals surface area contributed by atoms with E-state index in [2.05, 4.69) is 0 Å². The van der Waals surface area contributed by atoms with Crippen molar-refractivity contribution in [1.82, 2.24) is 4.90 Å². The molecular weight excluding hydrogens is 249 g/mol.